The zero-order valence-corrected chi connectivity index (χ0v) is 18.9. The summed E-state index contributed by atoms with van der Waals surface area (Å²) >= 11 is 0. The number of carbonyl (C=O) groups excluding carboxylic acids is 1. The van der Waals surface area contributed by atoms with E-state index in [4.69, 9.17) is 9.47 Å². The average molecular weight is 428 g/mol. The van der Waals surface area contributed by atoms with Crippen LogP contribution in [0.5, 0.6) is 0 Å². The number of hydrogen-bond donors (Lipinski definition) is 2. The van der Waals surface area contributed by atoms with Gasteiger partial charge in [-0.3, -0.25) is 0 Å². The summed E-state index contributed by atoms with van der Waals surface area (Å²) in [7, 11) is -0.405. The lowest BCUT2D eigenvalue weighted by Gasteiger charge is -2.31. The molecule has 0 aromatic heterocycles. The van der Waals surface area contributed by atoms with Gasteiger partial charge < -0.3 is 20.1 Å². The van der Waals surface area contributed by atoms with Crippen molar-refractivity contribution in [2.75, 3.05) is 27.3 Å². The number of nitrogens with one attached hydrogen (secondary N) is 2. The highest BCUT2D eigenvalue weighted by Crippen LogP contribution is 2.18. The van der Waals surface area contributed by atoms with Crippen LogP contribution in [0.1, 0.15) is 38.3 Å². The van der Waals surface area contributed by atoms with Crippen LogP contribution in [0, 0.1) is 6.92 Å². The molecule has 164 valence electrons. The summed E-state index contributed by atoms with van der Waals surface area (Å²) in [5, 5.41) is 6.29. The fourth-order valence-electron chi connectivity index (χ4n) is 3.04. The van der Waals surface area contributed by atoms with Crippen molar-refractivity contribution in [1.82, 2.24) is 14.9 Å². The molecule has 1 aromatic carbocycles. The van der Waals surface area contributed by atoms with E-state index in [-0.39, 0.29) is 17.0 Å². The first kappa shape index (κ1) is 23.6. The summed E-state index contributed by atoms with van der Waals surface area (Å²) in [6.45, 7) is 8.96. The van der Waals surface area contributed by atoms with Gasteiger partial charge in [0.1, 0.15) is 5.60 Å². The molecule has 1 heterocycles. The number of amides is 1. The Morgan fingerprint density at radius 2 is 1.90 bits per heavy atom. The molecular formula is C20H33N3O5S. The zero-order chi connectivity index (χ0) is 21.8. The van der Waals surface area contributed by atoms with Crippen molar-refractivity contribution in [2.45, 2.75) is 63.2 Å². The number of aryl methyl sites for hydroxylation is 1. The zero-order valence-electron chi connectivity index (χ0n) is 18.1. The molecule has 1 aliphatic heterocycles. The van der Waals surface area contributed by atoms with Crippen LogP contribution in [0.4, 0.5) is 4.79 Å². The van der Waals surface area contributed by atoms with Crippen LogP contribution in [-0.4, -0.2) is 63.8 Å². The summed E-state index contributed by atoms with van der Waals surface area (Å²) in [6.07, 6.45) is 0.283. The maximum atomic E-state index is 12.3. The van der Waals surface area contributed by atoms with Crippen LogP contribution in [0.2, 0.25) is 0 Å². The first-order chi connectivity index (χ1) is 13.4. The van der Waals surface area contributed by atoms with Crippen molar-refractivity contribution >= 4 is 16.1 Å². The average Bonchev–Trinajstić information content (AvgIpc) is 2.59. The fraction of sp³-hybridized carbons (Fsp3) is 0.650. The van der Waals surface area contributed by atoms with Crippen molar-refractivity contribution in [3.05, 3.63) is 29.3 Å². The van der Waals surface area contributed by atoms with Crippen LogP contribution in [0.25, 0.3) is 0 Å². The molecule has 2 N–H and O–H groups in total. The highest BCUT2D eigenvalue weighted by molar-refractivity contribution is 7.89. The van der Waals surface area contributed by atoms with E-state index in [1.165, 1.54) is 18.4 Å². The Labute approximate surface area is 174 Å². The van der Waals surface area contributed by atoms with E-state index in [2.05, 4.69) is 10.6 Å². The summed E-state index contributed by atoms with van der Waals surface area (Å²) in [4.78, 5) is 12.2. The molecule has 0 radical (unpaired) electrons. The van der Waals surface area contributed by atoms with E-state index in [1.54, 1.807) is 12.1 Å². The Balaban J connectivity index is 1.92. The second kappa shape index (κ2) is 9.42. The Morgan fingerprint density at radius 3 is 2.48 bits per heavy atom. The Morgan fingerprint density at radius 1 is 1.24 bits per heavy atom. The highest BCUT2D eigenvalue weighted by atomic mass is 32.2. The first-order valence-corrected chi connectivity index (χ1v) is 11.1. The van der Waals surface area contributed by atoms with E-state index < -0.39 is 21.7 Å². The van der Waals surface area contributed by atoms with Gasteiger partial charge in [-0.25, -0.2) is 17.5 Å². The van der Waals surface area contributed by atoms with Crippen LogP contribution in [-0.2, 0) is 26.0 Å². The maximum absolute atomic E-state index is 12.3. The predicted octanol–water partition coefficient (Wildman–Crippen LogP) is 2.02. The summed E-state index contributed by atoms with van der Waals surface area (Å²) in [6, 6.07) is 5.11. The first-order valence-electron chi connectivity index (χ1n) is 9.71. The number of nitrogens with zero attached hydrogens (tertiary/aromatic N) is 1. The molecule has 0 unspecified atom stereocenters. The van der Waals surface area contributed by atoms with Crippen LogP contribution in [0.3, 0.4) is 0 Å². The molecule has 0 saturated carbocycles. The van der Waals surface area contributed by atoms with Gasteiger partial charge in [-0.15, -0.1) is 0 Å². The topological polar surface area (TPSA) is 97.0 Å². The number of carbonyl (C=O) groups is 1. The minimum absolute atomic E-state index is 0.0771. The Bertz CT molecular complexity index is 818. The molecule has 0 spiro atoms. The smallest absolute Gasteiger partial charge is 0.407 e. The molecule has 0 aliphatic carbocycles. The quantitative estimate of drug-likeness (QED) is 0.721. The van der Waals surface area contributed by atoms with Crippen molar-refractivity contribution in [3.8, 4) is 0 Å². The summed E-state index contributed by atoms with van der Waals surface area (Å²) in [5.74, 6) is 0. The predicted molar refractivity (Wildman–Crippen MR) is 111 cm³/mol. The molecule has 1 aromatic rings. The SMILES string of the molecule is Cc1cc(S(=O)(=O)N(C)C)ccc1CN[C@H]1COC[C@@H](NC(=O)OC(C)(C)C)C1. The maximum Gasteiger partial charge on any atom is 0.407 e. The van der Waals surface area contributed by atoms with Gasteiger partial charge in [-0.1, -0.05) is 6.07 Å². The van der Waals surface area contributed by atoms with Gasteiger partial charge in [0.05, 0.1) is 24.2 Å². The normalized spacial score (nSPS) is 20.5. The third-order valence-electron chi connectivity index (χ3n) is 4.60. The lowest BCUT2D eigenvalue weighted by molar-refractivity contribution is 0.0251. The molecule has 1 amide bonds. The monoisotopic (exact) mass is 427 g/mol. The van der Waals surface area contributed by atoms with Gasteiger partial charge in [0.15, 0.2) is 0 Å². The van der Waals surface area contributed by atoms with Gasteiger partial charge in [0.25, 0.3) is 0 Å². The second-order valence-corrected chi connectivity index (χ2v) is 10.7. The van der Waals surface area contributed by atoms with E-state index >= 15 is 0 Å². The van der Waals surface area contributed by atoms with E-state index in [1.807, 2.05) is 33.8 Å². The van der Waals surface area contributed by atoms with Gasteiger partial charge in [-0.2, -0.15) is 0 Å². The molecular weight excluding hydrogens is 394 g/mol. The van der Waals surface area contributed by atoms with Crippen molar-refractivity contribution < 1.29 is 22.7 Å². The largest absolute Gasteiger partial charge is 0.444 e. The van der Waals surface area contributed by atoms with Gasteiger partial charge in [0.2, 0.25) is 10.0 Å². The number of hydrogen-bond acceptors (Lipinski definition) is 6. The van der Waals surface area contributed by atoms with E-state index in [0.717, 1.165) is 17.5 Å². The third kappa shape index (κ3) is 6.95. The Kier molecular flexibility index (Phi) is 7.67. The van der Waals surface area contributed by atoms with Gasteiger partial charge in [0, 0.05) is 26.7 Å². The molecule has 29 heavy (non-hydrogen) atoms. The minimum atomic E-state index is -3.44. The molecule has 9 heteroatoms. The van der Waals surface area contributed by atoms with Gasteiger partial charge >= 0.3 is 6.09 Å². The van der Waals surface area contributed by atoms with E-state index in [9.17, 15) is 13.2 Å². The van der Waals surface area contributed by atoms with Crippen LogP contribution >= 0.6 is 0 Å². The molecule has 0 bridgehead atoms. The third-order valence-corrected chi connectivity index (χ3v) is 6.41. The summed E-state index contributed by atoms with van der Waals surface area (Å²) < 4.78 is 36.6. The lowest BCUT2D eigenvalue weighted by atomic mass is 10.0. The molecule has 1 aliphatic rings. The van der Waals surface area contributed by atoms with Crippen LogP contribution in [0.15, 0.2) is 23.1 Å². The molecule has 2 atom stereocenters. The standard InChI is InChI=1S/C20H33N3O5S/c1-14-9-18(29(25,26)23(5)6)8-7-15(14)11-21-16-10-17(13-27-12-16)22-19(24)28-20(2,3)4/h7-9,16-17,21H,10-13H2,1-6H3,(H,22,24)/t16-,17+/m1/s1. The van der Waals surface area contributed by atoms with E-state index in [0.29, 0.717) is 19.8 Å². The Hall–Kier alpha value is -1.68. The van der Waals surface area contributed by atoms with Crippen molar-refractivity contribution in [1.29, 1.82) is 0 Å². The molecule has 1 saturated heterocycles. The second-order valence-electron chi connectivity index (χ2n) is 8.57. The molecule has 8 nitrogen and oxygen atoms in total. The van der Waals surface area contributed by atoms with Gasteiger partial charge in [-0.05, 0) is 57.4 Å². The number of sulfonamides is 1. The number of benzene rings is 1. The molecule has 2 rings (SSSR count). The minimum Gasteiger partial charge on any atom is -0.444 e. The molecule has 1 fully saturated rings. The number of rotatable bonds is 6. The number of alkyl carbamates (subject to hydrolysis) is 1. The van der Waals surface area contributed by atoms with Crippen LogP contribution < -0.4 is 10.6 Å². The summed E-state index contributed by atoms with van der Waals surface area (Å²) in [5.41, 5.74) is 1.38. The highest BCUT2D eigenvalue weighted by Gasteiger charge is 2.26. The van der Waals surface area contributed by atoms with Crippen molar-refractivity contribution in [3.63, 3.8) is 0 Å². The lowest BCUT2D eigenvalue weighted by Crippen LogP contribution is -2.50. The number of ether oxygens (including phenoxy) is 2. The fourth-order valence-corrected chi connectivity index (χ4v) is 4.03. The van der Waals surface area contributed by atoms with Crippen molar-refractivity contribution in [2.24, 2.45) is 0 Å².